The van der Waals surface area contributed by atoms with Gasteiger partial charge in [-0.1, -0.05) is 18.5 Å². The maximum absolute atomic E-state index is 12.0. The molecule has 0 aromatic carbocycles. The van der Waals surface area contributed by atoms with Crippen molar-refractivity contribution in [3.05, 3.63) is 16.4 Å². The molecule has 0 radical (unpaired) electrons. The summed E-state index contributed by atoms with van der Waals surface area (Å²) in [5, 5.41) is 4.91. The number of hydrogen-bond donors (Lipinski definition) is 1. The first-order valence-electron chi connectivity index (χ1n) is 5.95. The largest absolute Gasteiger partial charge is 0.330 e. The van der Waals surface area contributed by atoms with E-state index in [4.69, 9.17) is 17.3 Å². The maximum atomic E-state index is 12.0. The third kappa shape index (κ3) is 3.30. The molecule has 5 heteroatoms. The van der Waals surface area contributed by atoms with Crippen LogP contribution in [0.15, 0.2) is 0 Å². The fraction of sp³-hybridized carbons (Fsp3) is 0.667. The van der Waals surface area contributed by atoms with Gasteiger partial charge >= 0.3 is 0 Å². The first kappa shape index (κ1) is 14.2. The van der Waals surface area contributed by atoms with Crippen molar-refractivity contribution in [1.82, 2.24) is 9.78 Å². The molecule has 17 heavy (non-hydrogen) atoms. The number of nitrogens with zero attached hydrogens (tertiary/aromatic N) is 2. The summed E-state index contributed by atoms with van der Waals surface area (Å²) in [5.41, 5.74) is 7.06. The lowest BCUT2D eigenvalue weighted by atomic mass is 9.99. The van der Waals surface area contributed by atoms with E-state index in [1.165, 1.54) is 0 Å². The molecule has 4 nitrogen and oxygen atoms in total. The minimum Gasteiger partial charge on any atom is -0.330 e. The topological polar surface area (TPSA) is 60.9 Å². The van der Waals surface area contributed by atoms with Gasteiger partial charge in [-0.05, 0) is 26.8 Å². The highest BCUT2D eigenvalue weighted by molar-refractivity contribution is 6.32. The molecule has 1 unspecified atom stereocenters. The smallest absolute Gasteiger partial charge is 0.141 e. The summed E-state index contributed by atoms with van der Waals surface area (Å²) in [5.74, 6) is 0.156. The zero-order valence-electron chi connectivity index (χ0n) is 10.7. The molecule has 0 bridgehead atoms. The van der Waals surface area contributed by atoms with Gasteiger partial charge in [0.05, 0.1) is 22.8 Å². The number of carbonyl (C=O) groups is 1. The molecule has 1 aromatic rings. The number of aromatic nitrogens is 2. The Bertz CT molecular complexity index is 401. The Kier molecular flexibility index (Phi) is 5.15. The van der Waals surface area contributed by atoms with Gasteiger partial charge in [-0.2, -0.15) is 5.10 Å². The van der Waals surface area contributed by atoms with Gasteiger partial charge in [0.15, 0.2) is 0 Å². The van der Waals surface area contributed by atoms with Gasteiger partial charge in [0.2, 0.25) is 0 Å². The summed E-state index contributed by atoms with van der Waals surface area (Å²) >= 11 is 6.16. The molecular weight excluding hydrogens is 238 g/mol. The lowest BCUT2D eigenvalue weighted by molar-refractivity contribution is -0.121. The number of aryl methyl sites for hydroxylation is 2. The van der Waals surface area contributed by atoms with E-state index >= 15 is 0 Å². The average Bonchev–Trinajstić information content (AvgIpc) is 2.57. The SMILES string of the molecule is CCn1nc(C)c(Cl)c1CC(=O)C(C)CCN. The lowest BCUT2D eigenvalue weighted by Gasteiger charge is -2.10. The molecule has 1 atom stereocenters. The summed E-state index contributed by atoms with van der Waals surface area (Å²) in [6.07, 6.45) is 1.06. The molecule has 0 aliphatic rings. The second kappa shape index (κ2) is 6.17. The van der Waals surface area contributed by atoms with Crippen LogP contribution in [0.4, 0.5) is 0 Å². The molecule has 0 spiro atoms. The van der Waals surface area contributed by atoms with Crippen LogP contribution in [-0.4, -0.2) is 22.1 Å². The monoisotopic (exact) mass is 257 g/mol. The van der Waals surface area contributed by atoms with Crippen molar-refractivity contribution < 1.29 is 4.79 Å². The minimum absolute atomic E-state index is 0.0171. The van der Waals surface area contributed by atoms with Crippen LogP contribution in [0.3, 0.4) is 0 Å². The van der Waals surface area contributed by atoms with Crippen LogP contribution >= 0.6 is 11.6 Å². The van der Waals surface area contributed by atoms with Crippen molar-refractivity contribution >= 4 is 17.4 Å². The minimum atomic E-state index is -0.0171. The van der Waals surface area contributed by atoms with E-state index in [2.05, 4.69) is 5.10 Å². The van der Waals surface area contributed by atoms with Crippen molar-refractivity contribution in [3.8, 4) is 0 Å². The van der Waals surface area contributed by atoms with E-state index in [1.54, 1.807) is 4.68 Å². The van der Waals surface area contributed by atoms with Crippen molar-refractivity contribution in [2.75, 3.05) is 6.54 Å². The Labute approximate surface area is 107 Å². The molecule has 0 saturated carbocycles. The normalized spacial score (nSPS) is 12.8. The van der Waals surface area contributed by atoms with Gasteiger partial charge in [-0.25, -0.2) is 0 Å². The van der Waals surface area contributed by atoms with E-state index in [0.717, 1.165) is 24.4 Å². The van der Waals surface area contributed by atoms with Crippen LogP contribution < -0.4 is 5.73 Å². The second-order valence-corrected chi connectivity index (χ2v) is 4.66. The first-order valence-corrected chi connectivity index (χ1v) is 6.33. The summed E-state index contributed by atoms with van der Waals surface area (Å²) < 4.78 is 1.80. The zero-order chi connectivity index (χ0) is 13.0. The van der Waals surface area contributed by atoms with Crippen LogP contribution in [0.1, 0.15) is 31.7 Å². The van der Waals surface area contributed by atoms with Crippen molar-refractivity contribution in [2.24, 2.45) is 11.7 Å². The zero-order valence-corrected chi connectivity index (χ0v) is 11.4. The molecular formula is C12H20ClN3O. The van der Waals surface area contributed by atoms with Crippen molar-refractivity contribution in [2.45, 2.75) is 40.2 Å². The van der Waals surface area contributed by atoms with Crippen molar-refractivity contribution in [1.29, 1.82) is 0 Å². The van der Waals surface area contributed by atoms with Gasteiger partial charge in [0.25, 0.3) is 0 Å². The van der Waals surface area contributed by atoms with Gasteiger partial charge in [0, 0.05) is 12.5 Å². The third-order valence-corrected chi connectivity index (χ3v) is 3.44. The average molecular weight is 258 g/mol. The number of rotatable bonds is 6. The van der Waals surface area contributed by atoms with E-state index in [-0.39, 0.29) is 11.7 Å². The second-order valence-electron chi connectivity index (χ2n) is 4.28. The van der Waals surface area contributed by atoms with E-state index in [0.29, 0.717) is 18.0 Å². The first-order chi connectivity index (χ1) is 8.01. The maximum Gasteiger partial charge on any atom is 0.141 e. The highest BCUT2D eigenvalue weighted by Gasteiger charge is 2.19. The molecule has 1 rings (SSSR count). The molecule has 0 aliphatic heterocycles. The number of nitrogens with two attached hydrogens (primary N) is 1. The molecule has 0 saturated heterocycles. The predicted octanol–water partition coefficient (Wildman–Crippen LogP) is 1.96. The Morgan fingerprint density at radius 2 is 2.24 bits per heavy atom. The molecule has 0 amide bonds. The highest BCUT2D eigenvalue weighted by Crippen LogP contribution is 2.22. The molecule has 1 heterocycles. The number of ketones is 1. The highest BCUT2D eigenvalue weighted by atomic mass is 35.5. The number of carbonyl (C=O) groups excluding carboxylic acids is 1. The molecule has 0 fully saturated rings. The molecule has 96 valence electrons. The Balaban J connectivity index is 2.84. The quantitative estimate of drug-likeness (QED) is 0.848. The van der Waals surface area contributed by atoms with Gasteiger partial charge in [0.1, 0.15) is 5.78 Å². The molecule has 0 aliphatic carbocycles. The predicted molar refractivity (Wildman–Crippen MR) is 69.2 cm³/mol. The van der Waals surface area contributed by atoms with Crippen LogP contribution in [0.25, 0.3) is 0 Å². The fourth-order valence-electron chi connectivity index (χ4n) is 1.79. The summed E-state index contributed by atoms with van der Waals surface area (Å²) in [7, 11) is 0. The van der Waals surface area contributed by atoms with E-state index in [9.17, 15) is 4.79 Å². The van der Waals surface area contributed by atoms with Crippen LogP contribution in [0.2, 0.25) is 5.02 Å². The van der Waals surface area contributed by atoms with E-state index < -0.39 is 0 Å². The molecule has 1 aromatic heterocycles. The lowest BCUT2D eigenvalue weighted by Crippen LogP contribution is -2.19. The van der Waals surface area contributed by atoms with Crippen LogP contribution in [0, 0.1) is 12.8 Å². The van der Waals surface area contributed by atoms with Gasteiger partial charge in [-0.15, -0.1) is 0 Å². The summed E-state index contributed by atoms with van der Waals surface area (Å²) in [4.78, 5) is 12.0. The summed E-state index contributed by atoms with van der Waals surface area (Å²) in [6.45, 7) is 7.00. The van der Waals surface area contributed by atoms with Gasteiger partial charge < -0.3 is 5.73 Å². The van der Waals surface area contributed by atoms with Crippen LogP contribution in [0.5, 0.6) is 0 Å². The van der Waals surface area contributed by atoms with Crippen LogP contribution in [-0.2, 0) is 17.8 Å². The number of halogens is 1. The summed E-state index contributed by atoms with van der Waals surface area (Å²) in [6, 6.07) is 0. The molecule has 2 N–H and O–H groups in total. The Morgan fingerprint density at radius 1 is 1.59 bits per heavy atom. The number of hydrogen-bond acceptors (Lipinski definition) is 3. The fourth-order valence-corrected chi connectivity index (χ4v) is 1.99. The Morgan fingerprint density at radius 3 is 2.76 bits per heavy atom. The van der Waals surface area contributed by atoms with E-state index in [1.807, 2.05) is 20.8 Å². The number of Topliss-reactive ketones (excluding diaryl/α,β-unsaturated/α-hetero) is 1. The third-order valence-electron chi connectivity index (χ3n) is 2.94. The standard InChI is InChI=1S/C12H20ClN3O/c1-4-16-10(12(13)9(3)15-16)7-11(17)8(2)5-6-14/h8H,4-7,14H2,1-3H3. The van der Waals surface area contributed by atoms with Gasteiger partial charge in [-0.3, -0.25) is 9.48 Å². The Hall–Kier alpha value is -0.870. The van der Waals surface area contributed by atoms with Crippen molar-refractivity contribution in [3.63, 3.8) is 0 Å².